The van der Waals surface area contributed by atoms with E-state index in [1.165, 1.54) is 11.8 Å². The van der Waals surface area contributed by atoms with Crippen molar-refractivity contribution >= 4 is 35.3 Å². The second-order valence-corrected chi connectivity index (χ2v) is 7.06. The number of nitrogens with one attached hydrogen (secondary N) is 2. The van der Waals surface area contributed by atoms with Crippen molar-refractivity contribution in [1.29, 1.82) is 0 Å². The van der Waals surface area contributed by atoms with Crippen molar-refractivity contribution in [3.8, 4) is 11.4 Å². The highest BCUT2D eigenvalue weighted by molar-refractivity contribution is 7.99. The molecule has 1 heterocycles. The van der Waals surface area contributed by atoms with Crippen molar-refractivity contribution in [3.63, 3.8) is 0 Å². The number of carbonyl (C=O) groups is 2. The summed E-state index contributed by atoms with van der Waals surface area (Å²) in [5.74, 6) is 0.406. The Labute approximate surface area is 161 Å². The number of imide groups is 1. The quantitative estimate of drug-likeness (QED) is 0.702. The zero-order chi connectivity index (χ0) is 19.1. The summed E-state index contributed by atoms with van der Waals surface area (Å²) in [6.45, 7) is 6.47. The van der Waals surface area contributed by atoms with E-state index in [-0.39, 0.29) is 17.7 Å². The highest BCUT2D eigenvalue weighted by Crippen LogP contribution is 2.24. The first kappa shape index (κ1) is 20.3. The number of rotatable bonds is 7. The zero-order valence-electron chi connectivity index (χ0n) is 15.0. The Kier molecular flexibility index (Phi) is 7.47. The SMILES string of the molecule is CC[C@H](C)NC(=O)NC(=O)CSc1nnc(-c2ccc(Cl)cc2)n1CC. The van der Waals surface area contributed by atoms with Crippen LogP contribution in [0.15, 0.2) is 29.4 Å². The molecule has 0 radical (unpaired) electrons. The van der Waals surface area contributed by atoms with Gasteiger partial charge in [-0.3, -0.25) is 10.1 Å². The molecule has 0 spiro atoms. The number of amides is 3. The molecule has 0 saturated carbocycles. The van der Waals surface area contributed by atoms with Crippen molar-refractivity contribution in [2.75, 3.05) is 5.75 Å². The lowest BCUT2D eigenvalue weighted by Crippen LogP contribution is -2.43. The van der Waals surface area contributed by atoms with Gasteiger partial charge in [0.05, 0.1) is 5.75 Å². The molecule has 2 aromatic rings. The Morgan fingerprint density at radius 3 is 2.54 bits per heavy atom. The molecule has 7 nitrogen and oxygen atoms in total. The average Bonchev–Trinajstić information content (AvgIpc) is 3.03. The number of urea groups is 1. The van der Waals surface area contributed by atoms with Crippen LogP contribution < -0.4 is 10.6 Å². The predicted octanol–water partition coefficient (Wildman–Crippen LogP) is 3.33. The summed E-state index contributed by atoms with van der Waals surface area (Å²) >= 11 is 7.16. The fourth-order valence-electron chi connectivity index (χ4n) is 2.15. The maximum Gasteiger partial charge on any atom is 0.321 e. The van der Waals surface area contributed by atoms with Gasteiger partial charge in [-0.1, -0.05) is 30.3 Å². The van der Waals surface area contributed by atoms with E-state index in [4.69, 9.17) is 11.6 Å². The van der Waals surface area contributed by atoms with Crippen molar-refractivity contribution in [2.24, 2.45) is 0 Å². The van der Waals surface area contributed by atoms with Crippen LogP contribution in [0.2, 0.25) is 5.02 Å². The molecule has 26 heavy (non-hydrogen) atoms. The number of nitrogens with zero attached hydrogens (tertiary/aromatic N) is 3. The Morgan fingerprint density at radius 1 is 1.23 bits per heavy atom. The third-order valence-corrected chi connectivity index (χ3v) is 4.93. The fourth-order valence-corrected chi connectivity index (χ4v) is 3.08. The minimum atomic E-state index is -0.483. The summed E-state index contributed by atoms with van der Waals surface area (Å²) in [7, 11) is 0. The minimum absolute atomic E-state index is 0.0144. The topological polar surface area (TPSA) is 88.9 Å². The number of thioether (sulfide) groups is 1. The smallest absolute Gasteiger partial charge is 0.321 e. The highest BCUT2D eigenvalue weighted by atomic mass is 35.5. The predicted molar refractivity (Wildman–Crippen MR) is 103 cm³/mol. The zero-order valence-corrected chi connectivity index (χ0v) is 16.5. The standard InChI is InChI=1S/C17H22ClN5O2S/c1-4-11(3)19-16(25)20-14(24)10-26-17-22-21-15(23(17)5-2)12-6-8-13(18)9-7-12/h6-9,11H,4-5,10H2,1-3H3,(H2,19,20,24,25)/t11-/m0/s1. The summed E-state index contributed by atoms with van der Waals surface area (Å²) in [5.41, 5.74) is 0.896. The second kappa shape index (κ2) is 9.59. The summed E-state index contributed by atoms with van der Waals surface area (Å²) in [6.07, 6.45) is 0.795. The van der Waals surface area contributed by atoms with Gasteiger partial charge < -0.3 is 9.88 Å². The van der Waals surface area contributed by atoms with Gasteiger partial charge in [-0.05, 0) is 44.5 Å². The molecule has 2 rings (SSSR count). The van der Waals surface area contributed by atoms with Gasteiger partial charge in [0.25, 0.3) is 0 Å². The number of hydrogen-bond acceptors (Lipinski definition) is 5. The number of carbonyl (C=O) groups excluding carboxylic acids is 2. The summed E-state index contributed by atoms with van der Waals surface area (Å²) in [5, 5.41) is 14.6. The molecule has 0 bridgehead atoms. The van der Waals surface area contributed by atoms with Crippen molar-refractivity contribution < 1.29 is 9.59 Å². The molecule has 0 saturated heterocycles. The van der Waals surface area contributed by atoms with Crippen molar-refractivity contribution in [3.05, 3.63) is 29.3 Å². The first-order valence-electron chi connectivity index (χ1n) is 8.36. The third-order valence-electron chi connectivity index (χ3n) is 3.71. The molecule has 0 aliphatic carbocycles. The molecule has 1 aromatic heterocycles. The van der Waals surface area contributed by atoms with Gasteiger partial charge in [0.15, 0.2) is 11.0 Å². The first-order valence-corrected chi connectivity index (χ1v) is 9.73. The largest absolute Gasteiger partial charge is 0.335 e. The normalized spacial score (nSPS) is 11.8. The van der Waals surface area contributed by atoms with E-state index in [0.29, 0.717) is 22.5 Å². The maximum absolute atomic E-state index is 11.9. The lowest BCUT2D eigenvalue weighted by atomic mass is 10.2. The van der Waals surface area contributed by atoms with Gasteiger partial charge in [-0.25, -0.2) is 4.79 Å². The first-order chi connectivity index (χ1) is 12.4. The molecule has 1 aromatic carbocycles. The van der Waals surface area contributed by atoms with Crippen LogP contribution in [0.4, 0.5) is 4.79 Å². The molecule has 1 atom stereocenters. The van der Waals surface area contributed by atoms with Gasteiger partial charge in [0, 0.05) is 23.2 Å². The molecular weight excluding hydrogens is 374 g/mol. The van der Waals surface area contributed by atoms with Gasteiger partial charge in [-0.2, -0.15) is 0 Å². The number of benzene rings is 1. The summed E-state index contributed by atoms with van der Waals surface area (Å²) in [6, 6.07) is 6.87. The third kappa shape index (κ3) is 5.47. The molecule has 0 unspecified atom stereocenters. The van der Waals surface area contributed by atoms with Crippen LogP contribution >= 0.6 is 23.4 Å². The molecule has 2 N–H and O–H groups in total. The lowest BCUT2D eigenvalue weighted by Gasteiger charge is -2.11. The van der Waals surface area contributed by atoms with Crippen LogP contribution in [0.25, 0.3) is 11.4 Å². The molecule has 140 valence electrons. The summed E-state index contributed by atoms with van der Waals surface area (Å²) < 4.78 is 1.92. The van der Waals surface area contributed by atoms with Gasteiger partial charge in [-0.15, -0.1) is 10.2 Å². The van der Waals surface area contributed by atoms with Crippen LogP contribution in [0.5, 0.6) is 0 Å². The highest BCUT2D eigenvalue weighted by Gasteiger charge is 2.16. The second-order valence-electron chi connectivity index (χ2n) is 5.68. The van der Waals surface area contributed by atoms with E-state index in [1.54, 1.807) is 12.1 Å². The van der Waals surface area contributed by atoms with E-state index in [2.05, 4.69) is 20.8 Å². The minimum Gasteiger partial charge on any atom is -0.335 e. The molecule has 0 aliphatic rings. The van der Waals surface area contributed by atoms with E-state index >= 15 is 0 Å². The van der Waals surface area contributed by atoms with E-state index in [9.17, 15) is 9.59 Å². The molecule has 9 heteroatoms. The Balaban J connectivity index is 1.98. The van der Waals surface area contributed by atoms with Crippen molar-refractivity contribution in [1.82, 2.24) is 25.4 Å². The fraction of sp³-hybridized carbons (Fsp3) is 0.412. The van der Waals surface area contributed by atoms with Crippen LogP contribution in [-0.2, 0) is 11.3 Å². The van der Waals surface area contributed by atoms with E-state index in [1.807, 2.05) is 37.5 Å². The van der Waals surface area contributed by atoms with E-state index in [0.717, 1.165) is 12.0 Å². The van der Waals surface area contributed by atoms with Gasteiger partial charge in [0.1, 0.15) is 0 Å². The Hall–Kier alpha value is -2.06. The summed E-state index contributed by atoms with van der Waals surface area (Å²) in [4.78, 5) is 23.6. The molecular formula is C17H22ClN5O2S. The number of hydrogen-bond donors (Lipinski definition) is 2. The van der Waals surface area contributed by atoms with Crippen molar-refractivity contribution in [2.45, 2.75) is 44.9 Å². The molecule has 0 aliphatic heterocycles. The number of aromatic nitrogens is 3. The van der Waals surface area contributed by atoms with Crippen LogP contribution in [0.3, 0.4) is 0 Å². The molecule has 0 fully saturated rings. The van der Waals surface area contributed by atoms with Crippen LogP contribution in [0, 0.1) is 0 Å². The molecule has 3 amide bonds. The Morgan fingerprint density at radius 2 is 1.92 bits per heavy atom. The van der Waals surface area contributed by atoms with Gasteiger partial charge >= 0.3 is 6.03 Å². The van der Waals surface area contributed by atoms with Gasteiger partial charge in [0.2, 0.25) is 5.91 Å². The van der Waals surface area contributed by atoms with Crippen LogP contribution in [-0.4, -0.2) is 38.5 Å². The monoisotopic (exact) mass is 395 g/mol. The average molecular weight is 396 g/mol. The Bertz CT molecular complexity index is 763. The lowest BCUT2D eigenvalue weighted by molar-refractivity contribution is -0.117. The van der Waals surface area contributed by atoms with E-state index < -0.39 is 6.03 Å². The maximum atomic E-state index is 11.9. The number of halogens is 1. The van der Waals surface area contributed by atoms with Crippen LogP contribution in [0.1, 0.15) is 27.2 Å².